The van der Waals surface area contributed by atoms with E-state index in [0.717, 1.165) is 17.8 Å². The lowest BCUT2D eigenvalue weighted by molar-refractivity contribution is -0.662. The summed E-state index contributed by atoms with van der Waals surface area (Å²) in [4.78, 5) is 0. The largest absolute Gasteiger partial charge is 0.454 e. The first-order valence-electron chi connectivity index (χ1n) is 17.0. The molecule has 0 N–H and O–H groups in total. The van der Waals surface area contributed by atoms with E-state index in [1.165, 1.54) is 26.6 Å². The molecule has 0 atom stereocenters. The summed E-state index contributed by atoms with van der Waals surface area (Å²) in [5.41, 5.74) is 4.56. The third-order valence-corrected chi connectivity index (χ3v) is 12.1. The Morgan fingerprint density at radius 3 is 2.32 bits per heavy atom. The Labute approximate surface area is 249 Å². The first-order chi connectivity index (χ1) is 22.4. The van der Waals surface area contributed by atoms with E-state index in [1.807, 2.05) is 30.3 Å². The van der Waals surface area contributed by atoms with Crippen LogP contribution in [0.2, 0.25) is 13.1 Å². The maximum absolute atomic E-state index is 15.9. The zero-order valence-electron chi connectivity index (χ0n) is 30.1. The molecule has 0 spiro atoms. The van der Waals surface area contributed by atoms with Crippen molar-refractivity contribution >= 4 is 40.4 Å². The number of hydrogen-bond donors (Lipinski definition) is 0. The molecule has 41 heavy (non-hydrogen) atoms. The fourth-order valence-electron chi connectivity index (χ4n) is 6.48. The lowest BCUT2D eigenvalue weighted by atomic mass is 9.96. The van der Waals surface area contributed by atoms with Crippen LogP contribution in [0.4, 0.5) is 8.78 Å². The highest BCUT2D eigenvalue weighted by Gasteiger charge is 2.37. The van der Waals surface area contributed by atoms with Crippen LogP contribution >= 0.6 is 0 Å². The van der Waals surface area contributed by atoms with Gasteiger partial charge >= 0.3 is 0 Å². The number of pyridine rings is 1. The van der Waals surface area contributed by atoms with Crippen LogP contribution < -0.4 is 14.9 Å². The zero-order valence-corrected chi connectivity index (χ0v) is 24.1. The van der Waals surface area contributed by atoms with Gasteiger partial charge in [0.25, 0.3) is 0 Å². The van der Waals surface area contributed by atoms with Crippen LogP contribution in [0.25, 0.3) is 55.4 Å². The Kier molecular flexibility index (Phi) is 4.17. The average molecular weight is 568 g/mol. The van der Waals surface area contributed by atoms with Crippen molar-refractivity contribution in [2.75, 3.05) is 0 Å². The fraction of sp³-hybridized carbons (Fsp3) is 0.194. The Hall–Kier alpha value is -4.09. The number of furan rings is 1. The van der Waals surface area contributed by atoms with Gasteiger partial charge in [-0.3, -0.25) is 0 Å². The molecule has 204 valence electrons. The lowest BCUT2D eigenvalue weighted by Crippen LogP contribution is -2.49. The van der Waals surface area contributed by atoms with Gasteiger partial charge in [0.2, 0.25) is 11.9 Å². The molecule has 5 heteroatoms. The normalized spacial score (nSPS) is 17.2. The highest BCUT2D eigenvalue weighted by atomic mass is 28.3. The van der Waals surface area contributed by atoms with Crippen LogP contribution in [0.15, 0.2) is 83.4 Å². The average Bonchev–Trinajstić information content (AvgIpc) is 3.48. The monoisotopic (exact) mass is 567 g/mol. The molecule has 4 aromatic carbocycles. The minimum absolute atomic E-state index is 0.240. The van der Waals surface area contributed by atoms with Crippen molar-refractivity contribution in [3.63, 3.8) is 0 Å². The summed E-state index contributed by atoms with van der Waals surface area (Å²) in [6.07, 6.45) is 0.978. The van der Waals surface area contributed by atoms with Crippen molar-refractivity contribution in [3.8, 4) is 33.5 Å². The van der Waals surface area contributed by atoms with Gasteiger partial charge < -0.3 is 4.42 Å². The fourth-order valence-corrected chi connectivity index (χ4v) is 9.58. The third-order valence-electron chi connectivity index (χ3n) is 8.59. The molecule has 0 radical (unpaired) electrons. The lowest BCUT2D eigenvalue weighted by Gasteiger charge is -2.19. The molecule has 1 aliphatic heterocycles. The molecule has 0 amide bonds. The molecule has 7 rings (SSSR count). The van der Waals surface area contributed by atoms with Crippen molar-refractivity contribution < 1.29 is 27.4 Å². The number of benzene rings is 4. The quantitative estimate of drug-likeness (QED) is 0.155. The summed E-state index contributed by atoms with van der Waals surface area (Å²) < 4.78 is 95.7. The minimum atomic E-state index is -3.38. The second-order valence-corrected chi connectivity index (χ2v) is 15.7. The standard InChI is InChI=1S/C36H32F2NOSi/c1-20(2)27-18-30(39(4)19-29(27)38)33-21(3)11-13-25-26-15-16-28(37)34(36(26)40-35(25)33)22-12-14-24-23-9-7-8-10-31(23)41(5,6)32(24)17-22/h7-20H,1-6H3/q+1/i1D3,2D3,20D. The Bertz CT molecular complexity index is 2310. The summed E-state index contributed by atoms with van der Waals surface area (Å²) in [6.45, 7) is -0.389. The molecule has 0 bridgehead atoms. The topological polar surface area (TPSA) is 17.0 Å². The third kappa shape index (κ3) is 3.68. The van der Waals surface area contributed by atoms with E-state index >= 15 is 8.78 Å². The van der Waals surface area contributed by atoms with E-state index in [-0.39, 0.29) is 5.69 Å². The minimum Gasteiger partial charge on any atom is -0.454 e. The number of rotatable bonds is 3. The van der Waals surface area contributed by atoms with Crippen LogP contribution in [0.3, 0.4) is 0 Å². The SMILES string of the molecule is [2H]C([2H])([2H])C([2H])(c1cc(-c2c(C)ccc3c2oc2c(-c4ccc5c(c4)[Si](C)(C)c4ccccc4-5)c(F)ccc23)[n+](C)cc1F)C([2H])([2H])[2H]. The molecule has 0 saturated heterocycles. The van der Waals surface area contributed by atoms with Crippen molar-refractivity contribution in [3.05, 3.63) is 102 Å². The molecule has 0 fully saturated rings. The summed E-state index contributed by atoms with van der Waals surface area (Å²) in [6, 6.07) is 22.2. The highest BCUT2D eigenvalue weighted by Crippen LogP contribution is 2.42. The van der Waals surface area contributed by atoms with Gasteiger partial charge in [0, 0.05) is 32.0 Å². The molecule has 1 aliphatic rings. The first kappa shape index (κ1) is 19.1. The van der Waals surface area contributed by atoms with Gasteiger partial charge in [-0.05, 0) is 57.6 Å². The molecular formula is C36H32F2NOSi+. The first-order valence-corrected chi connectivity index (χ1v) is 16.5. The van der Waals surface area contributed by atoms with Crippen molar-refractivity contribution in [2.45, 2.75) is 39.6 Å². The van der Waals surface area contributed by atoms with E-state index in [0.29, 0.717) is 44.2 Å². The van der Waals surface area contributed by atoms with Crippen LogP contribution in [0.1, 0.15) is 40.3 Å². The Balaban J connectivity index is 1.48. The Morgan fingerprint density at radius 2 is 1.54 bits per heavy atom. The van der Waals surface area contributed by atoms with Crippen LogP contribution in [0, 0.1) is 18.6 Å². The summed E-state index contributed by atoms with van der Waals surface area (Å²) in [5.74, 6) is -4.84. The summed E-state index contributed by atoms with van der Waals surface area (Å²) in [5, 5.41) is 3.83. The maximum Gasteiger partial charge on any atom is 0.216 e. The van der Waals surface area contributed by atoms with Gasteiger partial charge in [-0.2, -0.15) is 4.57 Å². The van der Waals surface area contributed by atoms with Gasteiger partial charge in [0.15, 0.2) is 5.82 Å². The number of aryl methyl sites for hydroxylation is 2. The van der Waals surface area contributed by atoms with Gasteiger partial charge in [-0.25, -0.2) is 8.78 Å². The number of nitrogens with zero attached hydrogens (tertiary/aromatic N) is 1. The second kappa shape index (κ2) is 8.95. The van der Waals surface area contributed by atoms with Gasteiger partial charge in [0.1, 0.15) is 32.1 Å². The maximum atomic E-state index is 15.9. The summed E-state index contributed by atoms with van der Waals surface area (Å²) in [7, 11) is -0.523. The van der Waals surface area contributed by atoms with Crippen LogP contribution in [-0.2, 0) is 7.05 Å². The molecule has 0 unspecified atom stereocenters. The molecular weight excluding hydrogens is 528 g/mol. The van der Waals surface area contributed by atoms with Crippen molar-refractivity contribution in [1.82, 2.24) is 0 Å². The number of fused-ring (bicyclic) bond motifs is 6. The molecule has 0 saturated carbocycles. The summed E-state index contributed by atoms with van der Waals surface area (Å²) >= 11 is 0. The van der Waals surface area contributed by atoms with Crippen LogP contribution in [-0.4, -0.2) is 8.07 Å². The van der Waals surface area contributed by atoms with E-state index < -0.39 is 44.9 Å². The van der Waals surface area contributed by atoms with Gasteiger partial charge in [-0.1, -0.05) is 81.4 Å². The van der Waals surface area contributed by atoms with E-state index in [9.17, 15) is 0 Å². The predicted molar refractivity (Wildman–Crippen MR) is 167 cm³/mol. The van der Waals surface area contributed by atoms with Crippen LogP contribution in [0.5, 0.6) is 0 Å². The number of halogens is 2. The van der Waals surface area contributed by atoms with Crippen molar-refractivity contribution in [1.29, 1.82) is 0 Å². The van der Waals surface area contributed by atoms with Gasteiger partial charge in [-0.15, -0.1) is 0 Å². The molecule has 3 heterocycles. The molecule has 2 aromatic heterocycles. The van der Waals surface area contributed by atoms with Gasteiger partial charge in [0.05, 0.1) is 11.1 Å². The smallest absolute Gasteiger partial charge is 0.216 e. The zero-order chi connectivity index (χ0) is 34.7. The number of aromatic nitrogens is 1. The second-order valence-electron chi connectivity index (χ2n) is 11.4. The molecule has 2 nitrogen and oxygen atoms in total. The number of hydrogen-bond acceptors (Lipinski definition) is 1. The molecule has 0 aliphatic carbocycles. The van der Waals surface area contributed by atoms with E-state index in [2.05, 4.69) is 37.4 Å². The predicted octanol–water partition coefficient (Wildman–Crippen LogP) is 8.26. The van der Waals surface area contributed by atoms with E-state index in [1.54, 1.807) is 20.0 Å². The van der Waals surface area contributed by atoms with E-state index in [4.69, 9.17) is 14.0 Å². The van der Waals surface area contributed by atoms with Crippen molar-refractivity contribution in [2.24, 2.45) is 7.05 Å². The highest BCUT2D eigenvalue weighted by molar-refractivity contribution is 7.03. The Morgan fingerprint density at radius 1 is 0.829 bits per heavy atom. The molecule has 6 aromatic rings.